The van der Waals surface area contributed by atoms with Crippen molar-refractivity contribution < 1.29 is 0 Å². The molecule has 0 radical (unpaired) electrons. The monoisotopic (exact) mass is 177 g/mol. The van der Waals surface area contributed by atoms with E-state index in [1.807, 2.05) is 12.1 Å². The van der Waals surface area contributed by atoms with Crippen molar-refractivity contribution in [2.45, 2.75) is 18.8 Å². The fourth-order valence-corrected chi connectivity index (χ4v) is 2.09. The summed E-state index contributed by atoms with van der Waals surface area (Å²) in [5, 5.41) is 9.58. The lowest BCUT2D eigenvalue weighted by atomic mass is 10.0. The van der Waals surface area contributed by atoms with Crippen LogP contribution in [0.2, 0.25) is 5.02 Å². The summed E-state index contributed by atoms with van der Waals surface area (Å²) in [6, 6.07) is 8.13. The summed E-state index contributed by atoms with van der Waals surface area (Å²) in [5.74, 6) is 0.0219. The summed E-state index contributed by atoms with van der Waals surface area (Å²) in [7, 11) is 0. The number of nitrogens with zero attached hydrogens (tertiary/aromatic N) is 1. The number of nitriles is 1. The number of aryl methyl sites for hydroxylation is 1. The number of halogens is 1. The van der Waals surface area contributed by atoms with Gasteiger partial charge in [0.2, 0.25) is 0 Å². The van der Waals surface area contributed by atoms with Gasteiger partial charge in [-0.2, -0.15) is 5.26 Å². The molecule has 0 heterocycles. The molecule has 1 nitrogen and oxygen atoms in total. The Labute approximate surface area is 76.6 Å². The number of fused-ring (bicyclic) bond motifs is 1. The first-order valence-electron chi connectivity index (χ1n) is 4.00. The third-order valence-electron chi connectivity index (χ3n) is 2.35. The van der Waals surface area contributed by atoms with Crippen molar-refractivity contribution in [1.82, 2.24) is 0 Å². The van der Waals surface area contributed by atoms with Gasteiger partial charge in [0.1, 0.15) is 0 Å². The SMILES string of the molecule is N#CC1CCc2cccc(Cl)c21. The molecule has 0 aromatic heterocycles. The lowest BCUT2D eigenvalue weighted by molar-refractivity contribution is 0.826. The highest BCUT2D eigenvalue weighted by Crippen LogP contribution is 2.37. The minimum Gasteiger partial charge on any atom is -0.198 e. The average molecular weight is 178 g/mol. The van der Waals surface area contributed by atoms with Crippen molar-refractivity contribution in [2.24, 2.45) is 0 Å². The second kappa shape index (κ2) is 2.80. The molecule has 2 heteroatoms. The lowest BCUT2D eigenvalue weighted by Gasteiger charge is -2.03. The Bertz CT molecular complexity index is 351. The van der Waals surface area contributed by atoms with E-state index in [0.717, 1.165) is 23.4 Å². The topological polar surface area (TPSA) is 23.8 Å². The van der Waals surface area contributed by atoms with Gasteiger partial charge in [0, 0.05) is 5.02 Å². The van der Waals surface area contributed by atoms with Gasteiger partial charge in [-0.3, -0.25) is 0 Å². The third-order valence-corrected chi connectivity index (χ3v) is 2.68. The third kappa shape index (κ3) is 1.00. The van der Waals surface area contributed by atoms with E-state index < -0.39 is 0 Å². The van der Waals surface area contributed by atoms with Gasteiger partial charge in [-0.15, -0.1) is 0 Å². The molecule has 0 fully saturated rings. The van der Waals surface area contributed by atoms with Gasteiger partial charge < -0.3 is 0 Å². The zero-order valence-corrected chi connectivity index (χ0v) is 7.30. The van der Waals surface area contributed by atoms with Crippen molar-refractivity contribution in [3.63, 3.8) is 0 Å². The van der Waals surface area contributed by atoms with E-state index in [9.17, 15) is 0 Å². The second-order valence-electron chi connectivity index (χ2n) is 3.03. The fourth-order valence-electron chi connectivity index (χ4n) is 1.76. The van der Waals surface area contributed by atoms with E-state index in [4.69, 9.17) is 16.9 Å². The number of hydrogen-bond acceptors (Lipinski definition) is 1. The standard InChI is InChI=1S/C10H8ClN/c11-9-3-1-2-7-4-5-8(6-12)10(7)9/h1-3,8H,4-5H2. The number of benzene rings is 1. The predicted molar refractivity (Wildman–Crippen MR) is 48.1 cm³/mol. The summed E-state index contributed by atoms with van der Waals surface area (Å²) in [6.07, 6.45) is 1.92. The van der Waals surface area contributed by atoms with Crippen LogP contribution in [0.15, 0.2) is 18.2 Å². The molecule has 0 N–H and O–H groups in total. The molecule has 0 saturated carbocycles. The van der Waals surface area contributed by atoms with Crippen molar-refractivity contribution in [2.75, 3.05) is 0 Å². The summed E-state index contributed by atoms with van der Waals surface area (Å²) in [5.41, 5.74) is 2.30. The normalized spacial score (nSPS) is 20.2. The van der Waals surface area contributed by atoms with E-state index in [1.54, 1.807) is 0 Å². The Morgan fingerprint density at radius 3 is 3.08 bits per heavy atom. The maximum Gasteiger partial charge on any atom is 0.0733 e. The average Bonchev–Trinajstić information content (AvgIpc) is 2.49. The van der Waals surface area contributed by atoms with Crippen molar-refractivity contribution in [3.8, 4) is 6.07 Å². The smallest absolute Gasteiger partial charge is 0.0733 e. The first kappa shape index (κ1) is 7.64. The Hall–Kier alpha value is -1.00. The van der Waals surface area contributed by atoms with Gasteiger partial charge in [0.15, 0.2) is 0 Å². The largest absolute Gasteiger partial charge is 0.198 e. The molecular weight excluding hydrogens is 170 g/mol. The molecule has 12 heavy (non-hydrogen) atoms. The Morgan fingerprint density at radius 2 is 2.33 bits per heavy atom. The van der Waals surface area contributed by atoms with Crippen LogP contribution in [0.25, 0.3) is 0 Å². The fraction of sp³-hybridized carbons (Fsp3) is 0.300. The van der Waals surface area contributed by atoms with E-state index in [-0.39, 0.29) is 5.92 Å². The molecule has 1 aromatic rings. The quantitative estimate of drug-likeness (QED) is 0.598. The Balaban J connectivity index is 2.57. The maximum absolute atomic E-state index is 8.83. The summed E-state index contributed by atoms with van der Waals surface area (Å²) >= 11 is 5.99. The zero-order valence-electron chi connectivity index (χ0n) is 6.55. The molecule has 2 rings (SSSR count). The molecule has 1 unspecified atom stereocenters. The van der Waals surface area contributed by atoms with Crippen LogP contribution in [0, 0.1) is 11.3 Å². The van der Waals surface area contributed by atoms with Crippen LogP contribution in [0.5, 0.6) is 0 Å². The minimum absolute atomic E-state index is 0.0219. The van der Waals surface area contributed by atoms with Crippen molar-refractivity contribution >= 4 is 11.6 Å². The van der Waals surface area contributed by atoms with Crippen LogP contribution in [0.1, 0.15) is 23.5 Å². The minimum atomic E-state index is 0.0219. The number of rotatable bonds is 0. The van der Waals surface area contributed by atoms with Gasteiger partial charge in [-0.05, 0) is 30.0 Å². The molecule has 0 spiro atoms. The zero-order chi connectivity index (χ0) is 8.55. The van der Waals surface area contributed by atoms with Gasteiger partial charge >= 0.3 is 0 Å². The van der Waals surface area contributed by atoms with E-state index in [1.165, 1.54) is 5.56 Å². The first-order chi connectivity index (χ1) is 5.83. The van der Waals surface area contributed by atoms with E-state index in [0.29, 0.717) is 0 Å². The van der Waals surface area contributed by atoms with Crippen LogP contribution in [0.4, 0.5) is 0 Å². The van der Waals surface area contributed by atoms with E-state index >= 15 is 0 Å². The van der Waals surface area contributed by atoms with Crippen molar-refractivity contribution in [1.29, 1.82) is 5.26 Å². The molecule has 1 aromatic carbocycles. The molecule has 0 bridgehead atoms. The Morgan fingerprint density at radius 1 is 1.50 bits per heavy atom. The molecule has 1 aliphatic carbocycles. The molecule has 1 aliphatic rings. The molecule has 1 atom stereocenters. The number of hydrogen-bond donors (Lipinski definition) is 0. The predicted octanol–water partition coefficient (Wildman–Crippen LogP) is 2.89. The van der Waals surface area contributed by atoms with Gasteiger partial charge in [0.05, 0.1) is 12.0 Å². The van der Waals surface area contributed by atoms with Crippen LogP contribution < -0.4 is 0 Å². The first-order valence-corrected chi connectivity index (χ1v) is 4.37. The van der Waals surface area contributed by atoms with Crippen LogP contribution >= 0.6 is 11.6 Å². The molecular formula is C10H8ClN. The van der Waals surface area contributed by atoms with Crippen LogP contribution in [-0.2, 0) is 6.42 Å². The molecule has 0 saturated heterocycles. The van der Waals surface area contributed by atoms with Crippen molar-refractivity contribution in [3.05, 3.63) is 34.3 Å². The maximum atomic E-state index is 8.83. The summed E-state index contributed by atoms with van der Waals surface area (Å²) < 4.78 is 0. The highest BCUT2D eigenvalue weighted by molar-refractivity contribution is 6.31. The lowest BCUT2D eigenvalue weighted by Crippen LogP contribution is -1.89. The van der Waals surface area contributed by atoms with Crippen LogP contribution in [-0.4, -0.2) is 0 Å². The van der Waals surface area contributed by atoms with E-state index in [2.05, 4.69) is 12.1 Å². The molecule has 60 valence electrons. The summed E-state index contributed by atoms with van der Waals surface area (Å²) in [6.45, 7) is 0. The van der Waals surface area contributed by atoms with Gasteiger partial charge in [-0.25, -0.2) is 0 Å². The second-order valence-corrected chi connectivity index (χ2v) is 3.44. The highest BCUT2D eigenvalue weighted by Gasteiger charge is 2.23. The molecule has 0 amide bonds. The summed E-state index contributed by atoms with van der Waals surface area (Å²) in [4.78, 5) is 0. The highest BCUT2D eigenvalue weighted by atomic mass is 35.5. The van der Waals surface area contributed by atoms with Gasteiger partial charge in [0.25, 0.3) is 0 Å². The Kier molecular flexibility index (Phi) is 1.78. The van der Waals surface area contributed by atoms with Gasteiger partial charge in [-0.1, -0.05) is 23.7 Å². The van der Waals surface area contributed by atoms with Crippen LogP contribution in [0.3, 0.4) is 0 Å². The molecule has 0 aliphatic heterocycles.